The van der Waals surface area contributed by atoms with Gasteiger partial charge in [-0.2, -0.15) is 35.7 Å². The van der Waals surface area contributed by atoms with Crippen LogP contribution in [0.4, 0.5) is 30.7 Å². The summed E-state index contributed by atoms with van der Waals surface area (Å²) in [7, 11) is 0. The van der Waals surface area contributed by atoms with Crippen molar-refractivity contribution in [3.8, 4) is 5.75 Å². The zero-order valence-electron chi connectivity index (χ0n) is 8.62. The third-order valence-electron chi connectivity index (χ3n) is 1.81. The summed E-state index contributed by atoms with van der Waals surface area (Å²) in [4.78, 5) is 2.26. The Morgan fingerprint density at radius 3 is 1.89 bits per heavy atom. The molecule has 0 spiro atoms. The SMILES string of the molecule is Fc1nc(F)c(F)c(OCCCC(F)(F)F)c1F. The van der Waals surface area contributed by atoms with Gasteiger partial charge in [-0.15, -0.1) is 0 Å². The Morgan fingerprint density at radius 2 is 1.44 bits per heavy atom. The van der Waals surface area contributed by atoms with Crippen molar-refractivity contribution in [2.75, 3.05) is 6.61 Å². The van der Waals surface area contributed by atoms with E-state index in [-0.39, 0.29) is 0 Å². The summed E-state index contributed by atoms with van der Waals surface area (Å²) in [6.45, 7) is -0.740. The Hall–Kier alpha value is -1.54. The van der Waals surface area contributed by atoms with Gasteiger partial charge in [-0.3, -0.25) is 0 Å². The summed E-state index contributed by atoms with van der Waals surface area (Å²) in [6.07, 6.45) is -6.30. The van der Waals surface area contributed by atoms with Gasteiger partial charge in [0.05, 0.1) is 6.61 Å². The number of rotatable bonds is 4. The van der Waals surface area contributed by atoms with Gasteiger partial charge in [0.2, 0.25) is 11.6 Å². The molecule has 0 atom stereocenters. The molecule has 0 aliphatic heterocycles. The highest BCUT2D eigenvalue weighted by Gasteiger charge is 2.27. The minimum Gasteiger partial charge on any atom is -0.487 e. The number of hydrogen-bond donors (Lipinski definition) is 0. The molecule has 0 saturated carbocycles. The van der Waals surface area contributed by atoms with E-state index in [0.717, 1.165) is 0 Å². The zero-order valence-corrected chi connectivity index (χ0v) is 8.62. The van der Waals surface area contributed by atoms with Crippen molar-refractivity contribution in [2.24, 2.45) is 0 Å². The molecule has 0 aromatic carbocycles. The molecule has 9 heteroatoms. The van der Waals surface area contributed by atoms with Crippen LogP contribution in [0, 0.1) is 23.5 Å². The first-order valence-corrected chi connectivity index (χ1v) is 4.62. The van der Waals surface area contributed by atoms with Gasteiger partial charge in [0.25, 0.3) is 11.9 Å². The first-order chi connectivity index (χ1) is 8.22. The van der Waals surface area contributed by atoms with E-state index >= 15 is 0 Å². The number of halogens is 7. The van der Waals surface area contributed by atoms with Gasteiger partial charge in [-0.1, -0.05) is 0 Å². The Morgan fingerprint density at radius 1 is 0.944 bits per heavy atom. The van der Waals surface area contributed by atoms with Crippen molar-refractivity contribution >= 4 is 0 Å². The van der Waals surface area contributed by atoms with E-state index in [0.29, 0.717) is 0 Å². The molecule has 1 heterocycles. The highest BCUT2D eigenvalue weighted by Crippen LogP contribution is 2.26. The second-order valence-corrected chi connectivity index (χ2v) is 3.22. The van der Waals surface area contributed by atoms with Crippen LogP contribution in [-0.4, -0.2) is 17.8 Å². The Labute approximate surface area is 96.4 Å². The smallest absolute Gasteiger partial charge is 0.389 e. The fourth-order valence-corrected chi connectivity index (χ4v) is 1.04. The molecule has 0 bridgehead atoms. The quantitative estimate of drug-likeness (QED) is 0.478. The molecule has 0 fully saturated rings. The molecule has 0 unspecified atom stereocenters. The number of hydrogen-bond acceptors (Lipinski definition) is 2. The van der Waals surface area contributed by atoms with Crippen LogP contribution in [-0.2, 0) is 0 Å². The number of ether oxygens (including phenoxy) is 1. The lowest BCUT2D eigenvalue weighted by molar-refractivity contribution is -0.136. The number of nitrogens with zero attached hydrogens (tertiary/aromatic N) is 1. The summed E-state index contributed by atoms with van der Waals surface area (Å²) in [6, 6.07) is 0. The summed E-state index contributed by atoms with van der Waals surface area (Å²) >= 11 is 0. The molecule has 2 nitrogen and oxygen atoms in total. The predicted octanol–water partition coefficient (Wildman–Crippen LogP) is 3.36. The molecule has 102 valence electrons. The summed E-state index contributed by atoms with van der Waals surface area (Å²) in [5.41, 5.74) is 0. The normalized spacial score (nSPS) is 11.7. The maximum absolute atomic E-state index is 12.9. The van der Waals surface area contributed by atoms with E-state index < -0.39 is 54.9 Å². The largest absolute Gasteiger partial charge is 0.487 e. The van der Waals surface area contributed by atoms with Gasteiger partial charge < -0.3 is 4.74 Å². The van der Waals surface area contributed by atoms with Gasteiger partial charge in [-0.05, 0) is 6.42 Å². The fourth-order valence-electron chi connectivity index (χ4n) is 1.04. The van der Waals surface area contributed by atoms with Crippen molar-refractivity contribution in [1.29, 1.82) is 0 Å². The molecule has 0 radical (unpaired) electrons. The number of alkyl halides is 3. The fraction of sp³-hybridized carbons (Fsp3) is 0.444. The molecule has 0 amide bonds. The molecule has 0 aliphatic carbocycles. The Kier molecular flexibility index (Phi) is 4.36. The van der Waals surface area contributed by atoms with Crippen LogP contribution in [0.25, 0.3) is 0 Å². The monoisotopic (exact) mass is 277 g/mol. The average molecular weight is 277 g/mol. The maximum Gasteiger partial charge on any atom is 0.389 e. The Bertz CT molecular complexity index is 406. The van der Waals surface area contributed by atoms with Crippen molar-refractivity contribution < 1.29 is 35.5 Å². The van der Waals surface area contributed by atoms with Gasteiger partial charge >= 0.3 is 6.18 Å². The first kappa shape index (κ1) is 14.5. The van der Waals surface area contributed by atoms with E-state index in [1.165, 1.54) is 0 Å². The van der Waals surface area contributed by atoms with E-state index in [9.17, 15) is 30.7 Å². The predicted molar refractivity (Wildman–Crippen MR) is 44.9 cm³/mol. The molecule has 0 N–H and O–H groups in total. The average Bonchev–Trinajstić information content (AvgIpc) is 2.24. The standard InChI is InChI=1S/C9H6F7NO/c10-4-6(5(11)8(13)17-7(4)12)18-3-1-2-9(14,15)16/h1-3H2. The van der Waals surface area contributed by atoms with E-state index in [2.05, 4.69) is 9.72 Å². The minimum absolute atomic E-state index is 0.603. The summed E-state index contributed by atoms with van der Waals surface area (Å²) < 4.78 is 90.4. The van der Waals surface area contributed by atoms with Crippen molar-refractivity contribution in [2.45, 2.75) is 19.0 Å². The number of pyridine rings is 1. The topological polar surface area (TPSA) is 22.1 Å². The summed E-state index contributed by atoms with van der Waals surface area (Å²) in [5, 5.41) is 0. The van der Waals surface area contributed by atoms with Gasteiger partial charge in [-0.25, -0.2) is 0 Å². The molecule has 0 aliphatic rings. The van der Waals surface area contributed by atoms with Gasteiger partial charge in [0.1, 0.15) is 0 Å². The Balaban J connectivity index is 2.68. The summed E-state index contributed by atoms with van der Waals surface area (Å²) in [5.74, 6) is -9.05. The highest BCUT2D eigenvalue weighted by molar-refractivity contribution is 5.24. The maximum atomic E-state index is 12.9. The van der Waals surface area contributed by atoms with Crippen LogP contribution in [0.3, 0.4) is 0 Å². The van der Waals surface area contributed by atoms with Crippen LogP contribution in [0.1, 0.15) is 12.8 Å². The van der Waals surface area contributed by atoms with Gasteiger partial charge in [0, 0.05) is 6.42 Å². The van der Waals surface area contributed by atoms with Crippen LogP contribution >= 0.6 is 0 Å². The molecule has 1 aromatic rings. The molecular formula is C9H6F7NO. The van der Waals surface area contributed by atoms with Crippen LogP contribution in [0.2, 0.25) is 0 Å². The van der Waals surface area contributed by atoms with Crippen LogP contribution in [0.5, 0.6) is 5.75 Å². The van der Waals surface area contributed by atoms with E-state index in [1.54, 1.807) is 0 Å². The molecule has 1 rings (SSSR count). The van der Waals surface area contributed by atoms with Crippen LogP contribution in [0.15, 0.2) is 0 Å². The van der Waals surface area contributed by atoms with E-state index in [1.807, 2.05) is 0 Å². The van der Waals surface area contributed by atoms with Gasteiger partial charge in [0.15, 0.2) is 5.75 Å². The third-order valence-corrected chi connectivity index (χ3v) is 1.81. The molecule has 0 saturated heterocycles. The van der Waals surface area contributed by atoms with Crippen molar-refractivity contribution in [1.82, 2.24) is 4.98 Å². The lowest BCUT2D eigenvalue weighted by Gasteiger charge is -2.09. The van der Waals surface area contributed by atoms with Crippen molar-refractivity contribution in [3.63, 3.8) is 0 Å². The van der Waals surface area contributed by atoms with E-state index in [4.69, 9.17) is 0 Å². The molecular weight excluding hydrogens is 271 g/mol. The second kappa shape index (κ2) is 5.40. The third kappa shape index (κ3) is 3.74. The minimum atomic E-state index is -4.45. The second-order valence-electron chi connectivity index (χ2n) is 3.22. The van der Waals surface area contributed by atoms with Crippen LogP contribution < -0.4 is 4.74 Å². The van der Waals surface area contributed by atoms with Crippen molar-refractivity contribution in [3.05, 3.63) is 23.5 Å². The lowest BCUT2D eigenvalue weighted by atomic mass is 10.3. The highest BCUT2D eigenvalue weighted by atomic mass is 19.4. The zero-order chi connectivity index (χ0) is 13.9. The molecule has 1 aromatic heterocycles. The molecule has 18 heavy (non-hydrogen) atoms. The lowest BCUT2D eigenvalue weighted by Crippen LogP contribution is -2.11. The number of aromatic nitrogens is 1. The first-order valence-electron chi connectivity index (χ1n) is 4.62.